The van der Waals surface area contributed by atoms with Crippen molar-refractivity contribution in [1.29, 1.82) is 0 Å². The molecule has 0 spiro atoms. The first-order chi connectivity index (χ1) is 10.9. The average molecular weight is 303 g/mol. The summed E-state index contributed by atoms with van der Waals surface area (Å²) in [5, 5.41) is 2.77. The van der Waals surface area contributed by atoms with Gasteiger partial charge in [0.15, 0.2) is 0 Å². The predicted molar refractivity (Wildman–Crippen MR) is 72.5 cm³/mol. The maximum Gasteiger partial charge on any atom is 0.355 e. The Morgan fingerprint density at radius 2 is 1.95 bits per heavy atom. The maximum absolute atomic E-state index is 12.1. The lowest BCUT2D eigenvalue weighted by atomic mass is 10.0. The molecule has 1 aliphatic heterocycles. The molecular formula is C13H21N3O5. The minimum atomic E-state index is -2.44. The van der Waals surface area contributed by atoms with Crippen LogP contribution in [0.1, 0.15) is 30.8 Å². The summed E-state index contributed by atoms with van der Waals surface area (Å²) in [5.74, 6) is -3.29. The smallest absolute Gasteiger partial charge is 0.341 e. The number of hydroxylamine groups is 2. The molecule has 1 rings (SSSR count). The third kappa shape index (κ3) is 4.82. The lowest BCUT2D eigenvalue weighted by Crippen LogP contribution is -2.50. The Morgan fingerprint density at radius 3 is 2.43 bits per heavy atom. The van der Waals surface area contributed by atoms with Gasteiger partial charge in [-0.3, -0.25) is 14.4 Å². The van der Waals surface area contributed by atoms with E-state index in [0.29, 0.717) is 5.06 Å². The zero-order valence-electron chi connectivity index (χ0n) is 15.2. The highest BCUT2D eigenvalue weighted by atomic mass is 16.7. The Hall–Kier alpha value is -1.96. The normalized spacial score (nSPS) is 19.3. The SMILES string of the molecule is [2H][13C]([2H])([2H])N(C)CC(=O)NC(C(=O)ON1C(=O)CCC1=O)C(C)C. The zero-order valence-corrected chi connectivity index (χ0v) is 12.2. The molecule has 0 aromatic rings. The standard InChI is InChI=1S/C13H21N3O5/c1-8(2)12(14-9(17)7-15(3)4)13(20)21-16-10(18)5-6-11(16)19/h8,12H,5-7H2,1-4H3,(H,14,17)/i3+1D3. The molecule has 1 aliphatic rings. The van der Waals surface area contributed by atoms with Gasteiger partial charge in [0, 0.05) is 17.0 Å². The van der Waals surface area contributed by atoms with Crippen molar-refractivity contribution in [3.63, 3.8) is 0 Å². The zero-order chi connectivity index (χ0) is 18.7. The molecule has 1 unspecified atom stereocenters. The van der Waals surface area contributed by atoms with Gasteiger partial charge in [-0.25, -0.2) is 4.79 Å². The van der Waals surface area contributed by atoms with E-state index < -0.39 is 49.2 Å². The Balaban J connectivity index is 2.69. The average Bonchev–Trinajstić information content (AvgIpc) is 2.75. The molecular weight excluding hydrogens is 279 g/mol. The lowest BCUT2D eigenvalue weighted by Gasteiger charge is -2.23. The third-order valence-electron chi connectivity index (χ3n) is 2.80. The van der Waals surface area contributed by atoms with Crippen molar-refractivity contribution in [1.82, 2.24) is 15.3 Å². The van der Waals surface area contributed by atoms with E-state index >= 15 is 0 Å². The van der Waals surface area contributed by atoms with Crippen LogP contribution in [0.15, 0.2) is 0 Å². The van der Waals surface area contributed by atoms with E-state index in [9.17, 15) is 19.2 Å². The van der Waals surface area contributed by atoms with Crippen LogP contribution in [0.2, 0.25) is 0 Å². The summed E-state index contributed by atoms with van der Waals surface area (Å²) in [7, 11) is 1.25. The molecule has 1 atom stereocenters. The molecule has 1 fully saturated rings. The number of rotatable bonds is 6. The summed E-state index contributed by atoms with van der Waals surface area (Å²) in [6, 6.07) is -1.12. The summed E-state index contributed by atoms with van der Waals surface area (Å²) in [6.45, 7) is 0.370. The highest BCUT2D eigenvalue weighted by Crippen LogP contribution is 2.14. The molecule has 0 aromatic carbocycles. The number of carbonyl (C=O) groups excluding carboxylic acids is 4. The van der Waals surface area contributed by atoms with Crippen molar-refractivity contribution in [2.45, 2.75) is 32.7 Å². The Kier molecular flexibility index (Phi) is 4.35. The molecule has 118 valence electrons. The quantitative estimate of drug-likeness (QED) is 0.515. The van der Waals surface area contributed by atoms with Crippen molar-refractivity contribution < 1.29 is 28.1 Å². The van der Waals surface area contributed by atoms with E-state index in [0.717, 1.165) is 4.90 Å². The second-order valence-electron chi connectivity index (χ2n) is 5.14. The second kappa shape index (κ2) is 7.16. The van der Waals surface area contributed by atoms with Crippen molar-refractivity contribution in [2.24, 2.45) is 5.92 Å². The van der Waals surface area contributed by atoms with E-state index in [4.69, 9.17) is 8.95 Å². The van der Waals surface area contributed by atoms with Gasteiger partial charge in [-0.1, -0.05) is 13.8 Å². The second-order valence-corrected chi connectivity index (χ2v) is 5.14. The van der Waals surface area contributed by atoms with Crippen molar-refractivity contribution in [3.05, 3.63) is 0 Å². The monoisotopic (exact) mass is 303 g/mol. The first-order valence-electron chi connectivity index (χ1n) is 8.01. The van der Waals surface area contributed by atoms with Gasteiger partial charge in [-0.2, -0.15) is 0 Å². The molecule has 0 radical (unpaired) electrons. The number of imide groups is 1. The number of hydrogen-bond donors (Lipinski definition) is 1. The number of likely N-dealkylation sites (N-methyl/N-ethyl adjacent to an activating group) is 1. The highest BCUT2D eigenvalue weighted by Gasteiger charge is 2.36. The van der Waals surface area contributed by atoms with Gasteiger partial charge >= 0.3 is 5.97 Å². The number of nitrogens with one attached hydrogen (secondary N) is 1. The minimum absolute atomic E-state index is 0.0335. The molecule has 0 bridgehead atoms. The fourth-order valence-corrected chi connectivity index (χ4v) is 1.74. The van der Waals surface area contributed by atoms with Crippen LogP contribution < -0.4 is 5.32 Å². The van der Waals surface area contributed by atoms with Crippen LogP contribution in [-0.2, 0) is 24.0 Å². The molecule has 8 heteroatoms. The summed E-state index contributed by atoms with van der Waals surface area (Å²) in [5.41, 5.74) is 0. The fourth-order valence-electron chi connectivity index (χ4n) is 1.74. The number of carbonyl (C=O) groups is 4. The summed E-state index contributed by atoms with van der Waals surface area (Å²) in [6.07, 6.45) is -0.0671. The van der Waals surface area contributed by atoms with E-state index in [2.05, 4.69) is 5.32 Å². The van der Waals surface area contributed by atoms with Gasteiger partial charge < -0.3 is 15.1 Å². The molecule has 3 amide bonds. The van der Waals surface area contributed by atoms with Crippen molar-refractivity contribution >= 4 is 23.7 Å². The molecule has 8 nitrogen and oxygen atoms in total. The summed E-state index contributed by atoms with van der Waals surface area (Å²) >= 11 is 0. The van der Waals surface area contributed by atoms with Gasteiger partial charge in [0.1, 0.15) is 6.04 Å². The van der Waals surface area contributed by atoms with Gasteiger partial charge in [-0.05, 0) is 19.9 Å². The van der Waals surface area contributed by atoms with Gasteiger partial charge in [0.05, 0.1) is 6.54 Å². The lowest BCUT2D eigenvalue weighted by molar-refractivity contribution is -0.199. The number of amides is 3. The van der Waals surface area contributed by atoms with Gasteiger partial charge in [-0.15, -0.1) is 5.06 Å². The molecule has 1 heterocycles. The van der Waals surface area contributed by atoms with Crippen molar-refractivity contribution in [2.75, 3.05) is 20.6 Å². The van der Waals surface area contributed by atoms with E-state index in [1.54, 1.807) is 13.8 Å². The third-order valence-corrected chi connectivity index (χ3v) is 2.80. The minimum Gasteiger partial charge on any atom is -0.341 e. The molecule has 0 saturated carbocycles. The molecule has 1 N–H and O–H groups in total. The molecule has 21 heavy (non-hydrogen) atoms. The van der Waals surface area contributed by atoms with Crippen LogP contribution in [0.3, 0.4) is 0 Å². The van der Waals surface area contributed by atoms with Gasteiger partial charge in [0.25, 0.3) is 11.8 Å². The predicted octanol–water partition coefficient (Wildman–Crippen LogP) is -0.704. The van der Waals surface area contributed by atoms with E-state index in [-0.39, 0.29) is 12.8 Å². The van der Waals surface area contributed by atoms with E-state index in [1.807, 2.05) is 0 Å². The van der Waals surface area contributed by atoms with Gasteiger partial charge in [0.2, 0.25) is 5.91 Å². The van der Waals surface area contributed by atoms with Crippen LogP contribution in [0.4, 0.5) is 0 Å². The summed E-state index contributed by atoms with van der Waals surface area (Å²) < 4.78 is 21.5. The van der Waals surface area contributed by atoms with Crippen LogP contribution in [-0.4, -0.2) is 60.3 Å². The first-order valence-corrected chi connectivity index (χ1v) is 6.51. The van der Waals surface area contributed by atoms with Crippen LogP contribution in [0.25, 0.3) is 0 Å². The molecule has 0 aromatic heterocycles. The Labute approximate surface area is 127 Å². The molecule has 1 saturated heterocycles. The topological polar surface area (TPSA) is 96.0 Å². The van der Waals surface area contributed by atoms with E-state index in [1.165, 1.54) is 7.05 Å². The Morgan fingerprint density at radius 1 is 1.38 bits per heavy atom. The number of nitrogens with zero attached hydrogens (tertiary/aromatic N) is 2. The maximum atomic E-state index is 12.1. The molecule has 0 aliphatic carbocycles. The van der Waals surface area contributed by atoms with Crippen LogP contribution in [0, 0.1) is 5.92 Å². The fraction of sp³-hybridized carbons (Fsp3) is 0.692. The van der Waals surface area contributed by atoms with Crippen LogP contribution in [0.5, 0.6) is 0 Å². The first kappa shape index (κ1) is 12.8. The van der Waals surface area contributed by atoms with Crippen molar-refractivity contribution in [3.8, 4) is 0 Å². The number of hydrogen-bond acceptors (Lipinski definition) is 6. The van der Waals surface area contributed by atoms with Crippen LogP contribution >= 0.6 is 0 Å². The Bertz CT molecular complexity index is 519. The summed E-state index contributed by atoms with van der Waals surface area (Å²) in [4.78, 5) is 52.6. The largest absolute Gasteiger partial charge is 0.355 e. The highest BCUT2D eigenvalue weighted by molar-refractivity contribution is 6.02.